The molecule has 0 fully saturated rings. The van der Waals surface area contributed by atoms with Gasteiger partial charge in [0, 0.05) is 29.1 Å². The zero-order chi connectivity index (χ0) is 17.7. The van der Waals surface area contributed by atoms with Crippen molar-refractivity contribution in [2.75, 3.05) is 12.4 Å². The third-order valence-electron chi connectivity index (χ3n) is 3.07. The van der Waals surface area contributed by atoms with E-state index in [0.717, 1.165) is 0 Å². The van der Waals surface area contributed by atoms with Gasteiger partial charge in [-0.15, -0.1) is 0 Å². The maximum atomic E-state index is 12.4. The van der Waals surface area contributed by atoms with Gasteiger partial charge < -0.3 is 15.4 Å². The number of nitrogens with one attached hydrogen (secondary N) is 2. The molecule has 0 atom stereocenters. The molecule has 0 aliphatic heterocycles. The van der Waals surface area contributed by atoms with E-state index in [1.54, 1.807) is 37.4 Å². The van der Waals surface area contributed by atoms with E-state index in [9.17, 15) is 9.59 Å². The number of nitrogens with zero attached hydrogens (tertiary/aromatic N) is 1. The van der Waals surface area contributed by atoms with Crippen LogP contribution in [0, 0.1) is 0 Å². The number of hydrogen-bond donors (Lipinski definition) is 2. The molecule has 1 aromatic carbocycles. The van der Waals surface area contributed by atoms with Gasteiger partial charge in [-0.2, -0.15) is 0 Å². The van der Waals surface area contributed by atoms with Crippen molar-refractivity contribution in [3.63, 3.8) is 0 Å². The molecule has 6 nitrogen and oxygen atoms in total. The summed E-state index contributed by atoms with van der Waals surface area (Å²) < 4.78 is 5.12. The van der Waals surface area contributed by atoms with Crippen LogP contribution in [0.4, 0.5) is 5.69 Å². The zero-order valence-electron chi connectivity index (χ0n) is 14.2. The van der Waals surface area contributed by atoms with E-state index in [0.29, 0.717) is 17.0 Å². The number of hydrogen-bond acceptors (Lipinski definition) is 4. The number of amides is 2. The minimum absolute atomic E-state index is 0.197. The van der Waals surface area contributed by atoms with Gasteiger partial charge in [0.1, 0.15) is 11.4 Å². The van der Waals surface area contributed by atoms with Crippen molar-refractivity contribution in [1.29, 1.82) is 0 Å². The SMILES string of the molecule is COc1cccc(NC(=O)c2ccnc(C(=O)NC(C)(C)C)c2)c1. The zero-order valence-corrected chi connectivity index (χ0v) is 14.2. The molecule has 0 saturated carbocycles. The van der Waals surface area contributed by atoms with Crippen LogP contribution < -0.4 is 15.4 Å². The summed E-state index contributed by atoms with van der Waals surface area (Å²) >= 11 is 0. The molecule has 0 aliphatic rings. The summed E-state index contributed by atoms with van der Waals surface area (Å²) in [5, 5.41) is 5.59. The number of methoxy groups -OCH3 is 1. The fourth-order valence-corrected chi connectivity index (χ4v) is 2.00. The van der Waals surface area contributed by atoms with Crippen molar-refractivity contribution in [3.05, 3.63) is 53.9 Å². The number of rotatable bonds is 4. The molecule has 0 bridgehead atoms. The van der Waals surface area contributed by atoms with Gasteiger partial charge in [0.05, 0.1) is 7.11 Å². The van der Waals surface area contributed by atoms with Gasteiger partial charge in [0.25, 0.3) is 11.8 Å². The molecule has 0 saturated heterocycles. The van der Waals surface area contributed by atoms with Crippen LogP contribution in [0.2, 0.25) is 0 Å². The summed E-state index contributed by atoms with van der Waals surface area (Å²) in [6.07, 6.45) is 1.44. The lowest BCUT2D eigenvalue weighted by Crippen LogP contribution is -2.41. The number of benzene rings is 1. The number of carbonyl (C=O) groups is 2. The van der Waals surface area contributed by atoms with E-state index in [1.807, 2.05) is 20.8 Å². The van der Waals surface area contributed by atoms with Crippen LogP contribution in [0.25, 0.3) is 0 Å². The first-order valence-corrected chi connectivity index (χ1v) is 7.52. The number of aromatic nitrogens is 1. The second-order valence-corrected chi connectivity index (χ2v) is 6.32. The topological polar surface area (TPSA) is 80.3 Å². The highest BCUT2D eigenvalue weighted by Crippen LogP contribution is 2.17. The Morgan fingerprint density at radius 1 is 1.08 bits per heavy atom. The van der Waals surface area contributed by atoms with E-state index in [1.165, 1.54) is 12.3 Å². The Balaban J connectivity index is 2.15. The van der Waals surface area contributed by atoms with Gasteiger partial charge >= 0.3 is 0 Å². The van der Waals surface area contributed by atoms with E-state index in [4.69, 9.17) is 4.74 Å². The average Bonchev–Trinajstić information content (AvgIpc) is 2.53. The molecule has 24 heavy (non-hydrogen) atoms. The second-order valence-electron chi connectivity index (χ2n) is 6.32. The van der Waals surface area contributed by atoms with Crippen molar-refractivity contribution in [1.82, 2.24) is 10.3 Å². The molecule has 0 unspecified atom stereocenters. The van der Waals surface area contributed by atoms with Crippen LogP contribution in [-0.2, 0) is 0 Å². The third-order valence-corrected chi connectivity index (χ3v) is 3.07. The van der Waals surface area contributed by atoms with Crippen LogP contribution in [-0.4, -0.2) is 29.4 Å². The summed E-state index contributed by atoms with van der Waals surface area (Å²) in [5.74, 6) is 0.00163. The summed E-state index contributed by atoms with van der Waals surface area (Å²) in [6.45, 7) is 5.64. The largest absolute Gasteiger partial charge is 0.497 e. The first-order chi connectivity index (χ1) is 11.3. The number of anilines is 1. The monoisotopic (exact) mass is 327 g/mol. The highest BCUT2D eigenvalue weighted by atomic mass is 16.5. The maximum Gasteiger partial charge on any atom is 0.270 e. The molecule has 1 aromatic heterocycles. The third kappa shape index (κ3) is 4.81. The number of carbonyl (C=O) groups excluding carboxylic acids is 2. The standard InChI is InChI=1S/C18H21N3O3/c1-18(2,3)21-17(23)15-10-12(8-9-19-15)16(22)20-13-6-5-7-14(11-13)24-4/h5-11H,1-4H3,(H,20,22)(H,21,23). The van der Waals surface area contributed by atoms with Gasteiger partial charge in [-0.25, -0.2) is 0 Å². The Hall–Kier alpha value is -2.89. The number of pyridine rings is 1. The Bertz CT molecular complexity index is 751. The van der Waals surface area contributed by atoms with Gasteiger partial charge in [0.15, 0.2) is 0 Å². The lowest BCUT2D eigenvalue weighted by molar-refractivity contribution is 0.0914. The van der Waals surface area contributed by atoms with Crippen LogP contribution >= 0.6 is 0 Å². The minimum Gasteiger partial charge on any atom is -0.497 e. The maximum absolute atomic E-state index is 12.4. The first-order valence-electron chi connectivity index (χ1n) is 7.52. The Labute approximate surface area is 141 Å². The van der Waals surface area contributed by atoms with Crippen molar-refractivity contribution in [2.24, 2.45) is 0 Å². The second kappa shape index (κ2) is 7.12. The fourth-order valence-electron chi connectivity index (χ4n) is 2.00. The molecular weight excluding hydrogens is 306 g/mol. The fraction of sp³-hybridized carbons (Fsp3) is 0.278. The molecule has 1 heterocycles. The van der Waals surface area contributed by atoms with Crippen LogP contribution in [0.3, 0.4) is 0 Å². The normalized spacial score (nSPS) is 10.8. The molecule has 126 valence electrons. The molecule has 2 amide bonds. The summed E-state index contributed by atoms with van der Waals surface area (Å²) in [7, 11) is 1.56. The predicted molar refractivity (Wildman–Crippen MR) is 92.4 cm³/mol. The van der Waals surface area contributed by atoms with Crippen molar-refractivity contribution in [3.8, 4) is 5.75 Å². The van der Waals surface area contributed by atoms with Gasteiger partial charge in [-0.05, 0) is 45.0 Å². The lowest BCUT2D eigenvalue weighted by Gasteiger charge is -2.20. The average molecular weight is 327 g/mol. The van der Waals surface area contributed by atoms with Crippen molar-refractivity contribution < 1.29 is 14.3 Å². The molecular formula is C18H21N3O3. The molecule has 2 N–H and O–H groups in total. The highest BCUT2D eigenvalue weighted by Gasteiger charge is 2.17. The lowest BCUT2D eigenvalue weighted by atomic mass is 10.1. The summed E-state index contributed by atoms with van der Waals surface area (Å²) in [5.41, 5.74) is 0.782. The number of ether oxygens (including phenoxy) is 1. The highest BCUT2D eigenvalue weighted by molar-refractivity contribution is 6.05. The molecule has 0 radical (unpaired) electrons. The van der Waals surface area contributed by atoms with Crippen LogP contribution in [0.15, 0.2) is 42.6 Å². The van der Waals surface area contributed by atoms with Crippen LogP contribution in [0.5, 0.6) is 5.75 Å². The molecule has 0 spiro atoms. The molecule has 6 heteroatoms. The van der Waals surface area contributed by atoms with Gasteiger partial charge in [0.2, 0.25) is 0 Å². The smallest absolute Gasteiger partial charge is 0.270 e. The summed E-state index contributed by atoms with van der Waals surface area (Å²) in [6, 6.07) is 10.1. The Morgan fingerprint density at radius 2 is 1.83 bits per heavy atom. The van der Waals surface area contributed by atoms with Gasteiger partial charge in [-0.1, -0.05) is 6.07 Å². The molecule has 0 aliphatic carbocycles. The Morgan fingerprint density at radius 3 is 2.50 bits per heavy atom. The van der Waals surface area contributed by atoms with E-state index in [-0.39, 0.29) is 23.0 Å². The minimum atomic E-state index is -0.377. The van der Waals surface area contributed by atoms with E-state index in [2.05, 4.69) is 15.6 Å². The van der Waals surface area contributed by atoms with Crippen molar-refractivity contribution >= 4 is 17.5 Å². The molecule has 2 rings (SSSR count). The Kier molecular flexibility index (Phi) is 5.18. The van der Waals surface area contributed by atoms with E-state index < -0.39 is 0 Å². The summed E-state index contributed by atoms with van der Waals surface area (Å²) in [4.78, 5) is 28.5. The first kappa shape index (κ1) is 17.5. The predicted octanol–water partition coefficient (Wildman–Crippen LogP) is 2.87. The quantitative estimate of drug-likeness (QED) is 0.905. The van der Waals surface area contributed by atoms with Gasteiger partial charge in [-0.3, -0.25) is 14.6 Å². The van der Waals surface area contributed by atoms with Crippen molar-refractivity contribution in [2.45, 2.75) is 26.3 Å². The molecule has 2 aromatic rings. The van der Waals surface area contributed by atoms with E-state index >= 15 is 0 Å². The van der Waals surface area contributed by atoms with Crippen LogP contribution in [0.1, 0.15) is 41.6 Å².